The van der Waals surface area contributed by atoms with Crippen LogP contribution in [0.2, 0.25) is 0 Å². The van der Waals surface area contributed by atoms with Crippen LogP contribution in [0, 0.1) is 12.8 Å². The van der Waals surface area contributed by atoms with Crippen LogP contribution in [0.15, 0.2) is 6.07 Å². The summed E-state index contributed by atoms with van der Waals surface area (Å²) in [5.74, 6) is 0.323. The second kappa shape index (κ2) is 5.83. The molecule has 6 nitrogen and oxygen atoms in total. The second-order valence-corrected chi connectivity index (χ2v) is 7.79. The maximum Gasteiger partial charge on any atom is 0.211 e. The van der Waals surface area contributed by atoms with E-state index in [0.717, 1.165) is 30.7 Å². The van der Waals surface area contributed by atoms with Gasteiger partial charge >= 0.3 is 0 Å². The van der Waals surface area contributed by atoms with E-state index in [4.69, 9.17) is 5.73 Å². The number of nitrogens with zero attached hydrogens (tertiary/aromatic N) is 3. The van der Waals surface area contributed by atoms with Gasteiger partial charge in [-0.3, -0.25) is 4.68 Å². The van der Waals surface area contributed by atoms with Gasteiger partial charge in [0, 0.05) is 26.2 Å². The minimum absolute atomic E-state index is 0.0919. The molecular weight excluding hydrogens is 276 g/mol. The highest BCUT2D eigenvalue weighted by Gasteiger charge is 2.27. The molecule has 0 bridgehead atoms. The van der Waals surface area contributed by atoms with Crippen molar-refractivity contribution < 1.29 is 8.42 Å². The van der Waals surface area contributed by atoms with E-state index in [2.05, 4.69) is 5.10 Å². The molecule has 114 valence electrons. The Morgan fingerprint density at radius 3 is 2.80 bits per heavy atom. The first kappa shape index (κ1) is 15.5. The van der Waals surface area contributed by atoms with Crippen molar-refractivity contribution in [2.24, 2.45) is 18.7 Å². The van der Waals surface area contributed by atoms with E-state index in [1.54, 1.807) is 4.31 Å². The van der Waals surface area contributed by atoms with Crippen LogP contribution in [0.1, 0.15) is 36.7 Å². The van der Waals surface area contributed by atoms with Crippen LogP contribution < -0.4 is 5.73 Å². The number of aromatic nitrogens is 2. The highest BCUT2D eigenvalue weighted by molar-refractivity contribution is 7.88. The Kier molecular flexibility index (Phi) is 4.51. The Morgan fingerprint density at radius 2 is 2.25 bits per heavy atom. The molecule has 0 amide bonds. The van der Waals surface area contributed by atoms with Gasteiger partial charge in [-0.15, -0.1) is 0 Å². The van der Waals surface area contributed by atoms with Gasteiger partial charge in [0.1, 0.15) is 0 Å². The number of piperidine rings is 1. The number of nitrogens with two attached hydrogens (primary N) is 1. The lowest BCUT2D eigenvalue weighted by Crippen LogP contribution is -2.40. The van der Waals surface area contributed by atoms with Crippen molar-refractivity contribution in [3.8, 4) is 0 Å². The molecule has 1 aliphatic rings. The molecule has 1 aliphatic heterocycles. The van der Waals surface area contributed by atoms with Crippen molar-refractivity contribution in [1.29, 1.82) is 0 Å². The van der Waals surface area contributed by atoms with Crippen molar-refractivity contribution >= 4 is 10.0 Å². The molecule has 2 atom stereocenters. The Morgan fingerprint density at radius 1 is 1.55 bits per heavy atom. The molecule has 0 saturated carbocycles. The largest absolute Gasteiger partial charge is 0.323 e. The molecule has 2 N–H and O–H groups in total. The van der Waals surface area contributed by atoms with Crippen molar-refractivity contribution in [3.05, 3.63) is 17.5 Å². The molecule has 7 heteroatoms. The van der Waals surface area contributed by atoms with Crippen LogP contribution in [-0.2, 0) is 17.1 Å². The molecule has 1 fully saturated rings. The molecule has 0 aliphatic carbocycles. The van der Waals surface area contributed by atoms with E-state index in [0.29, 0.717) is 19.0 Å². The average molecular weight is 300 g/mol. The first-order valence-electron chi connectivity index (χ1n) is 6.98. The quantitative estimate of drug-likeness (QED) is 0.891. The Labute approximate surface area is 121 Å². The Hall–Kier alpha value is -0.920. The van der Waals surface area contributed by atoms with Crippen LogP contribution >= 0.6 is 0 Å². The number of hydrogen-bond acceptors (Lipinski definition) is 4. The summed E-state index contributed by atoms with van der Waals surface area (Å²) >= 11 is 0. The summed E-state index contributed by atoms with van der Waals surface area (Å²) in [6.45, 7) is 3.17. The van der Waals surface area contributed by atoms with Gasteiger partial charge in [0.15, 0.2) is 0 Å². The van der Waals surface area contributed by atoms with E-state index in [-0.39, 0.29) is 6.04 Å². The smallest absolute Gasteiger partial charge is 0.211 e. The van der Waals surface area contributed by atoms with Crippen LogP contribution in [0.4, 0.5) is 0 Å². The Bertz CT molecular complexity index is 567. The zero-order valence-electron chi connectivity index (χ0n) is 12.4. The first-order chi connectivity index (χ1) is 9.27. The van der Waals surface area contributed by atoms with Gasteiger partial charge in [0.05, 0.1) is 17.6 Å². The van der Waals surface area contributed by atoms with E-state index < -0.39 is 10.0 Å². The molecule has 0 aromatic carbocycles. The standard InChI is InChI=1S/C13H24N4O2S/c1-10-7-13(16(2)15-10)12(14)8-11-5-4-6-17(9-11)20(3,18)19/h7,11-12H,4-6,8-9,14H2,1-3H3. The summed E-state index contributed by atoms with van der Waals surface area (Å²) in [7, 11) is -1.19. The number of hydrogen-bond donors (Lipinski definition) is 1. The third-order valence-corrected chi connectivity index (χ3v) is 5.23. The van der Waals surface area contributed by atoms with E-state index >= 15 is 0 Å². The van der Waals surface area contributed by atoms with E-state index in [1.165, 1.54) is 6.26 Å². The van der Waals surface area contributed by atoms with Gasteiger partial charge in [0.25, 0.3) is 0 Å². The molecular formula is C13H24N4O2S. The van der Waals surface area contributed by atoms with Crippen LogP contribution in [0.3, 0.4) is 0 Å². The molecule has 1 saturated heterocycles. The highest BCUT2D eigenvalue weighted by Crippen LogP contribution is 2.27. The molecule has 0 radical (unpaired) electrons. The SMILES string of the molecule is Cc1cc(C(N)CC2CCCN(S(C)(=O)=O)C2)n(C)n1. The summed E-state index contributed by atoms with van der Waals surface area (Å²) in [6.07, 6.45) is 4.02. The average Bonchev–Trinajstić information content (AvgIpc) is 2.68. The van der Waals surface area contributed by atoms with Gasteiger partial charge < -0.3 is 5.73 Å². The lowest BCUT2D eigenvalue weighted by atomic mass is 9.91. The van der Waals surface area contributed by atoms with E-state index in [9.17, 15) is 8.42 Å². The predicted molar refractivity (Wildman–Crippen MR) is 78.6 cm³/mol. The minimum Gasteiger partial charge on any atom is -0.323 e. The van der Waals surface area contributed by atoms with Gasteiger partial charge in [-0.2, -0.15) is 5.10 Å². The molecule has 0 spiro atoms. The monoisotopic (exact) mass is 300 g/mol. The Balaban J connectivity index is 2.01. The maximum absolute atomic E-state index is 11.6. The fourth-order valence-corrected chi connectivity index (χ4v) is 3.92. The maximum atomic E-state index is 11.6. The highest BCUT2D eigenvalue weighted by atomic mass is 32.2. The zero-order valence-corrected chi connectivity index (χ0v) is 13.2. The fraction of sp³-hybridized carbons (Fsp3) is 0.769. The van der Waals surface area contributed by atoms with Crippen LogP contribution in [-0.4, -0.2) is 41.8 Å². The number of aryl methyl sites for hydroxylation is 2. The van der Waals surface area contributed by atoms with Crippen molar-refractivity contribution in [2.45, 2.75) is 32.2 Å². The van der Waals surface area contributed by atoms with E-state index in [1.807, 2.05) is 24.7 Å². The summed E-state index contributed by atoms with van der Waals surface area (Å²) < 4.78 is 26.6. The van der Waals surface area contributed by atoms with Crippen LogP contribution in [0.5, 0.6) is 0 Å². The molecule has 2 rings (SSSR count). The normalized spacial score (nSPS) is 22.9. The molecule has 2 heterocycles. The molecule has 2 unspecified atom stereocenters. The third kappa shape index (κ3) is 3.59. The first-order valence-corrected chi connectivity index (χ1v) is 8.83. The summed E-state index contributed by atoms with van der Waals surface area (Å²) in [5, 5.41) is 4.31. The van der Waals surface area contributed by atoms with Gasteiger partial charge in [-0.1, -0.05) is 0 Å². The van der Waals surface area contributed by atoms with Gasteiger partial charge in [0.2, 0.25) is 10.0 Å². The number of sulfonamides is 1. The summed E-state index contributed by atoms with van der Waals surface area (Å²) in [6, 6.07) is 1.91. The van der Waals surface area contributed by atoms with Crippen molar-refractivity contribution in [3.63, 3.8) is 0 Å². The third-order valence-electron chi connectivity index (χ3n) is 3.96. The number of rotatable bonds is 4. The second-order valence-electron chi connectivity index (χ2n) is 5.81. The zero-order chi connectivity index (χ0) is 14.9. The van der Waals surface area contributed by atoms with Gasteiger partial charge in [-0.25, -0.2) is 12.7 Å². The van der Waals surface area contributed by atoms with Crippen molar-refractivity contribution in [1.82, 2.24) is 14.1 Å². The summed E-state index contributed by atoms with van der Waals surface area (Å²) in [4.78, 5) is 0. The topological polar surface area (TPSA) is 81.2 Å². The van der Waals surface area contributed by atoms with Crippen LogP contribution in [0.25, 0.3) is 0 Å². The van der Waals surface area contributed by atoms with Crippen molar-refractivity contribution in [2.75, 3.05) is 19.3 Å². The molecule has 20 heavy (non-hydrogen) atoms. The lowest BCUT2D eigenvalue weighted by Gasteiger charge is -2.32. The lowest BCUT2D eigenvalue weighted by molar-refractivity contribution is 0.245. The van der Waals surface area contributed by atoms with Gasteiger partial charge in [-0.05, 0) is 38.2 Å². The minimum atomic E-state index is -3.09. The fourth-order valence-electron chi connectivity index (χ4n) is 2.98. The predicted octanol–water partition coefficient (Wildman–Crippen LogP) is 0.790. The molecule has 1 aromatic rings. The summed E-state index contributed by atoms with van der Waals surface area (Å²) in [5.41, 5.74) is 8.24. The molecule has 1 aromatic heterocycles.